The molecule has 0 aromatic heterocycles. The molecule has 0 fully saturated rings. The van der Waals surface area contributed by atoms with Crippen LogP contribution in [-0.2, 0) is 4.79 Å². The summed E-state index contributed by atoms with van der Waals surface area (Å²) in [4.78, 5) is 11.8. The summed E-state index contributed by atoms with van der Waals surface area (Å²) in [6.07, 6.45) is 0. The Morgan fingerprint density at radius 2 is 2.05 bits per heavy atom. The fourth-order valence-electron chi connectivity index (χ4n) is 1.85. The van der Waals surface area contributed by atoms with Crippen molar-refractivity contribution in [3.63, 3.8) is 0 Å². The number of nitrogens with one attached hydrogen (secondary N) is 1. The molecule has 0 heterocycles. The van der Waals surface area contributed by atoms with E-state index in [0.717, 1.165) is 5.56 Å². The van der Waals surface area contributed by atoms with E-state index in [1.54, 1.807) is 18.2 Å². The zero-order valence-electron chi connectivity index (χ0n) is 11.5. The van der Waals surface area contributed by atoms with Gasteiger partial charge in [-0.1, -0.05) is 29.8 Å². The van der Waals surface area contributed by atoms with Gasteiger partial charge in [0.25, 0.3) is 5.91 Å². The van der Waals surface area contributed by atoms with Gasteiger partial charge < -0.3 is 10.1 Å². The van der Waals surface area contributed by atoms with Gasteiger partial charge in [-0.2, -0.15) is 0 Å². The second kappa shape index (κ2) is 7.09. The second-order valence-electron chi connectivity index (χ2n) is 4.59. The van der Waals surface area contributed by atoms with E-state index < -0.39 is 5.82 Å². The highest BCUT2D eigenvalue weighted by atomic mass is 35.5. The van der Waals surface area contributed by atoms with Crippen LogP contribution >= 0.6 is 11.6 Å². The average molecular weight is 308 g/mol. The van der Waals surface area contributed by atoms with Gasteiger partial charge in [-0.05, 0) is 36.8 Å². The molecular weight excluding hydrogens is 293 g/mol. The van der Waals surface area contributed by atoms with E-state index in [0.29, 0.717) is 10.8 Å². The summed E-state index contributed by atoms with van der Waals surface area (Å²) >= 11 is 5.91. The summed E-state index contributed by atoms with van der Waals surface area (Å²) < 4.78 is 18.2. The lowest BCUT2D eigenvalue weighted by atomic mass is 10.1. The lowest BCUT2D eigenvalue weighted by molar-refractivity contribution is -0.123. The quantitative estimate of drug-likeness (QED) is 0.914. The van der Waals surface area contributed by atoms with Crippen molar-refractivity contribution in [2.24, 2.45) is 0 Å². The third-order valence-electron chi connectivity index (χ3n) is 2.89. The maximum Gasteiger partial charge on any atom is 0.258 e. The van der Waals surface area contributed by atoms with Crippen LogP contribution in [0.2, 0.25) is 5.02 Å². The maximum absolute atomic E-state index is 13.0. The number of carbonyl (C=O) groups is 1. The molecule has 2 aromatic carbocycles. The SMILES string of the molecule is CC(NC(=O)COc1cccc(F)c1)c1cccc(Cl)c1. The van der Waals surface area contributed by atoms with Crippen molar-refractivity contribution < 1.29 is 13.9 Å². The average Bonchev–Trinajstić information content (AvgIpc) is 2.45. The number of amides is 1. The zero-order chi connectivity index (χ0) is 15.2. The first kappa shape index (κ1) is 15.3. The minimum Gasteiger partial charge on any atom is -0.484 e. The van der Waals surface area contributed by atoms with Gasteiger partial charge in [0.05, 0.1) is 6.04 Å². The second-order valence-corrected chi connectivity index (χ2v) is 5.03. The van der Waals surface area contributed by atoms with Crippen LogP contribution in [0.4, 0.5) is 4.39 Å². The highest BCUT2D eigenvalue weighted by Gasteiger charge is 2.10. The van der Waals surface area contributed by atoms with Crippen molar-refractivity contribution in [3.8, 4) is 5.75 Å². The first-order valence-electron chi connectivity index (χ1n) is 6.48. The number of hydrogen-bond acceptors (Lipinski definition) is 2. The molecule has 3 nitrogen and oxygen atoms in total. The van der Waals surface area contributed by atoms with Crippen LogP contribution in [0.5, 0.6) is 5.75 Å². The van der Waals surface area contributed by atoms with Crippen LogP contribution in [0.3, 0.4) is 0 Å². The molecule has 0 aliphatic heterocycles. The fraction of sp³-hybridized carbons (Fsp3) is 0.188. The Bertz CT molecular complexity index is 633. The molecule has 0 bridgehead atoms. The molecular formula is C16H15ClFNO2. The molecule has 0 aliphatic carbocycles. The van der Waals surface area contributed by atoms with E-state index in [9.17, 15) is 9.18 Å². The molecule has 0 aliphatic rings. The Morgan fingerprint density at radius 1 is 1.29 bits per heavy atom. The predicted octanol–water partition coefficient (Wildman–Crippen LogP) is 3.74. The van der Waals surface area contributed by atoms with E-state index >= 15 is 0 Å². The smallest absolute Gasteiger partial charge is 0.258 e. The van der Waals surface area contributed by atoms with Gasteiger partial charge in [-0.25, -0.2) is 4.39 Å². The molecule has 5 heteroatoms. The first-order valence-corrected chi connectivity index (χ1v) is 6.85. The van der Waals surface area contributed by atoms with E-state index in [2.05, 4.69) is 5.32 Å². The largest absolute Gasteiger partial charge is 0.484 e. The Balaban J connectivity index is 1.87. The van der Waals surface area contributed by atoms with Crippen molar-refractivity contribution in [2.45, 2.75) is 13.0 Å². The molecule has 1 N–H and O–H groups in total. The summed E-state index contributed by atoms with van der Waals surface area (Å²) in [7, 11) is 0. The van der Waals surface area contributed by atoms with Crippen molar-refractivity contribution in [1.29, 1.82) is 0 Å². The predicted molar refractivity (Wildman–Crippen MR) is 79.9 cm³/mol. The molecule has 1 atom stereocenters. The molecule has 1 unspecified atom stereocenters. The molecule has 21 heavy (non-hydrogen) atoms. The number of carbonyl (C=O) groups excluding carboxylic acids is 1. The van der Waals surface area contributed by atoms with Crippen LogP contribution in [0.1, 0.15) is 18.5 Å². The fourth-order valence-corrected chi connectivity index (χ4v) is 2.05. The van der Waals surface area contributed by atoms with Gasteiger partial charge in [-0.3, -0.25) is 4.79 Å². The number of benzene rings is 2. The number of hydrogen-bond donors (Lipinski definition) is 1. The Hall–Kier alpha value is -2.07. The summed E-state index contributed by atoms with van der Waals surface area (Å²) in [5, 5.41) is 3.41. The van der Waals surface area contributed by atoms with Gasteiger partial charge in [0.15, 0.2) is 6.61 Å². The number of halogens is 2. The third-order valence-corrected chi connectivity index (χ3v) is 3.13. The topological polar surface area (TPSA) is 38.3 Å². The van der Waals surface area contributed by atoms with Gasteiger partial charge >= 0.3 is 0 Å². The molecule has 1 amide bonds. The molecule has 2 rings (SSSR count). The van der Waals surface area contributed by atoms with E-state index in [1.807, 2.05) is 19.1 Å². The summed E-state index contributed by atoms with van der Waals surface area (Å²) in [6.45, 7) is 1.68. The lowest BCUT2D eigenvalue weighted by Gasteiger charge is -2.15. The molecule has 110 valence electrons. The molecule has 0 spiro atoms. The Morgan fingerprint density at radius 3 is 2.76 bits per heavy atom. The van der Waals surface area contributed by atoms with Crippen LogP contribution in [0, 0.1) is 5.82 Å². The Kier molecular flexibility index (Phi) is 5.17. The van der Waals surface area contributed by atoms with Gasteiger partial charge in [0.1, 0.15) is 11.6 Å². The van der Waals surface area contributed by atoms with E-state index in [-0.39, 0.29) is 18.6 Å². The van der Waals surface area contributed by atoms with E-state index in [4.69, 9.17) is 16.3 Å². The van der Waals surface area contributed by atoms with Crippen LogP contribution in [0.15, 0.2) is 48.5 Å². The first-order chi connectivity index (χ1) is 10.0. The van der Waals surface area contributed by atoms with Crippen molar-refractivity contribution in [1.82, 2.24) is 5.32 Å². The van der Waals surface area contributed by atoms with Crippen molar-refractivity contribution in [2.75, 3.05) is 6.61 Å². The number of ether oxygens (including phenoxy) is 1. The third kappa shape index (κ3) is 4.76. The van der Waals surface area contributed by atoms with E-state index in [1.165, 1.54) is 18.2 Å². The summed E-state index contributed by atoms with van der Waals surface area (Å²) in [5.74, 6) is -0.368. The van der Waals surface area contributed by atoms with Crippen molar-refractivity contribution in [3.05, 3.63) is 64.9 Å². The minimum absolute atomic E-state index is 0.172. The highest BCUT2D eigenvalue weighted by Crippen LogP contribution is 2.17. The highest BCUT2D eigenvalue weighted by molar-refractivity contribution is 6.30. The molecule has 0 saturated heterocycles. The van der Waals surface area contributed by atoms with Crippen LogP contribution in [-0.4, -0.2) is 12.5 Å². The molecule has 2 aromatic rings. The lowest BCUT2D eigenvalue weighted by Crippen LogP contribution is -2.31. The molecule has 0 saturated carbocycles. The maximum atomic E-state index is 13.0. The summed E-state index contributed by atoms with van der Waals surface area (Å²) in [5.41, 5.74) is 0.904. The van der Waals surface area contributed by atoms with Gasteiger partial charge in [0.2, 0.25) is 0 Å². The zero-order valence-corrected chi connectivity index (χ0v) is 12.2. The normalized spacial score (nSPS) is 11.8. The van der Waals surface area contributed by atoms with Crippen LogP contribution in [0.25, 0.3) is 0 Å². The Labute approximate surface area is 127 Å². The van der Waals surface area contributed by atoms with Gasteiger partial charge in [0, 0.05) is 11.1 Å². The number of rotatable bonds is 5. The van der Waals surface area contributed by atoms with Crippen LogP contribution < -0.4 is 10.1 Å². The standard InChI is InChI=1S/C16H15ClFNO2/c1-11(12-4-2-5-13(17)8-12)19-16(20)10-21-15-7-3-6-14(18)9-15/h2-9,11H,10H2,1H3,(H,19,20). The summed E-state index contributed by atoms with van der Waals surface area (Å²) in [6, 6.07) is 12.7. The van der Waals surface area contributed by atoms with Gasteiger partial charge in [-0.15, -0.1) is 0 Å². The minimum atomic E-state index is -0.403. The molecule has 0 radical (unpaired) electrons. The van der Waals surface area contributed by atoms with Crippen molar-refractivity contribution >= 4 is 17.5 Å². The monoisotopic (exact) mass is 307 g/mol.